The number of Topliss-reactive ketones (excluding diaryl/α,β-unsaturated/α-hetero) is 1. The molecular weight excluding hydrogens is 337 g/mol. The summed E-state index contributed by atoms with van der Waals surface area (Å²) in [6.07, 6.45) is 0.196. The summed E-state index contributed by atoms with van der Waals surface area (Å²) in [5.74, 6) is 0.102. The van der Waals surface area contributed by atoms with E-state index in [1.807, 2.05) is 0 Å². The lowest BCUT2D eigenvalue weighted by molar-refractivity contribution is -0.119. The molecule has 0 aliphatic carbocycles. The molecule has 0 aromatic carbocycles. The second kappa shape index (κ2) is 5.99. The van der Waals surface area contributed by atoms with Gasteiger partial charge in [-0.2, -0.15) is 0 Å². The number of carbonyl (C=O) groups is 2. The van der Waals surface area contributed by atoms with E-state index < -0.39 is 11.7 Å². The van der Waals surface area contributed by atoms with Crippen LogP contribution in [0.25, 0.3) is 0 Å². The maximum absolute atomic E-state index is 11.6. The topological polar surface area (TPSA) is 64.6 Å². The van der Waals surface area contributed by atoms with Gasteiger partial charge in [-0.05, 0) is 43.4 Å². The van der Waals surface area contributed by atoms with Crippen molar-refractivity contribution >= 4 is 34.5 Å². The number of rotatable bonds is 1. The summed E-state index contributed by atoms with van der Waals surface area (Å²) in [5, 5.41) is 2.68. The summed E-state index contributed by atoms with van der Waals surface area (Å²) in [5.41, 5.74) is -0.541. The lowest BCUT2D eigenvalue weighted by Crippen LogP contribution is -2.44. The first-order valence-electron chi connectivity index (χ1n) is 5.55. The highest BCUT2D eigenvalue weighted by Crippen LogP contribution is 2.18. The van der Waals surface area contributed by atoms with Crippen LogP contribution in [-0.4, -0.2) is 34.2 Å². The van der Waals surface area contributed by atoms with Crippen molar-refractivity contribution in [2.24, 2.45) is 0 Å². The molecule has 0 aromatic heterocycles. The molecule has 1 amide bonds. The quantitative estimate of drug-likeness (QED) is 0.577. The molecule has 6 heteroatoms. The highest BCUT2D eigenvalue weighted by Gasteiger charge is 2.29. The number of amides is 1. The van der Waals surface area contributed by atoms with Crippen LogP contribution >= 0.6 is 22.6 Å². The fourth-order valence-electron chi connectivity index (χ4n) is 1.42. The molecule has 1 aliphatic rings. The minimum absolute atomic E-state index is 0.102. The molecule has 2 atom stereocenters. The number of hydrogen-bond donors (Lipinski definition) is 1. The van der Waals surface area contributed by atoms with Crippen molar-refractivity contribution in [2.75, 3.05) is 6.61 Å². The first-order valence-corrected chi connectivity index (χ1v) is 6.79. The van der Waals surface area contributed by atoms with Crippen molar-refractivity contribution in [1.29, 1.82) is 0 Å². The monoisotopic (exact) mass is 355 g/mol. The van der Waals surface area contributed by atoms with Crippen LogP contribution in [0.2, 0.25) is 0 Å². The normalized spacial score (nSPS) is 26.2. The summed E-state index contributed by atoms with van der Waals surface area (Å²) < 4.78 is 10.4. The predicted octanol–water partition coefficient (Wildman–Crippen LogP) is 2.02. The maximum atomic E-state index is 11.6. The van der Waals surface area contributed by atoms with Crippen LogP contribution in [0.15, 0.2) is 0 Å². The van der Waals surface area contributed by atoms with E-state index in [2.05, 4.69) is 27.9 Å². The number of alkyl halides is 1. The van der Waals surface area contributed by atoms with E-state index in [1.54, 1.807) is 20.8 Å². The molecule has 98 valence electrons. The standard InChI is InChI=1S/C11H18INO4/c1-11(2,3)17-10(15)13-8-6-7(14)4-5-16-9(8)12/h8-9H,4-6H2,1-3H3,(H,13,15)/t8-,9-/m0/s1. The molecule has 0 spiro atoms. The molecule has 1 aliphatic heterocycles. The van der Waals surface area contributed by atoms with E-state index in [0.29, 0.717) is 19.4 Å². The zero-order valence-electron chi connectivity index (χ0n) is 10.3. The number of ether oxygens (including phenoxy) is 2. The van der Waals surface area contributed by atoms with Crippen LogP contribution < -0.4 is 5.32 Å². The van der Waals surface area contributed by atoms with Gasteiger partial charge in [0.2, 0.25) is 0 Å². The summed E-state index contributed by atoms with van der Waals surface area (Å²) in [6, 6.07) is -0.319. The van der Waals surface area contributed by atoms with E-state index in [0.717, 1.165) is 0 Å². The van der Waals surface area contributed by atoms with E-state index in [4.69, 9.17) is 9.47 Å². The summed E-state index contributed by atoms with van der Waals surface area (Å²) in [6.45, 7) is 5.80. The summed E-state index contributed by atoms with van der Waals surface area (Å²) >= 11 is 2.08. The molecule has 0 radical (unpaired) electrons. The summed E-state index contributed by atoms with van der Waals surface area (Å²) in [7, 11) is 0. The lowest BCUT2D eigenvalue weighted by atomic mass is 10.1. The second-order valence-electron chi connectivity index (χ2n) is 4.97. The molecule has 0 unspecified atom stereocenters. The van der Waals surface area contributed by atoms with E-state index >= 15 is 0 Å². The Kier molecular flexibility index (Phi) is 5.18. The van der Waals surface area contributed by atoms with Crippen LogP contribution in [0.5, 0.6) is 0 Å². The smallest absolute Gasteiger partial charge is 0.408 e. The third-order valence-electron chi connectivity index (χ3n) is 2.12. The van der Waals surface area contributed by atoms with Crippen molar-refractivity contribution in [3.05, 3.63) is 0 Å². The molecule has 1 N–H and O–H groups in total. The van der Waals surface area contributed by atoms with Crippen molar-refractivity contribution < 1.29 is 19.1 Å². The summed E-state index contributed by atoms with van der Waals surface area (Å²) in [4.78, 5) is 23.0. The highest BCUT2D eigenvalue weighted by atomic mass is 127. The van der Waals surface area contributed by atoms with Crippen molar-refractivity contribution in [1.82, 2.24) is 5.32 Å². The van der Waals surface area contributed by atoms with Gasteiger partial charge in [-0.3, -0.25) is 4.79 Å². The Balaban J connectivity index is 2.53. The van der Waals surface area contributed by atoms with E-state index in [1.165, 1.54) is 0 Å². The zero-order chi connectivity index (χ0) is 13.1. The van der Waals surface area contributed by atoms with Crippen molar-refractivity contribution in [3.8, 4) is 0 Å². The van der Waals surface area contributed by atoms with Gasteiger partial charge >= 0.3 is 6.09 Å². The van der Waals surface area contributed by atoms with Crippen LogP contribution in [0.1, 0.15) is 33.6 Å². The number of alkyl carbamates (subject to hydrolysis) is 1. The molecule has 0 aromatic rings. The van der Waals surface area contributed by atoms with Crippen LogP contribution in [0, 0.1) is 0 Å². The Morgan fingerprint density at radius 2 is 2.18 bits per heavy atom. The maximum Gasteiger partial charge on any atom is 0.408 e. The van der Waals surface area contributed by atoms with Gasteiger partial charge in [-0.25, -0.2) is 4.79 Å². The first-order chi connectivity index (χ1) is 7.78. The molecule has 5 nitrogen and oxygen atoms in total. The highest BCUT2D eigenvalue weighted by molar-refractivity contribution is 14.1. The fourth-order valence-corrected chi connectivity index (χ4v) is 2.11. The average molecular weight is 355 g/mol. The third-order valence-corrected chi connectivity index (χ3v) is 3.35. The van der Waals surface area contributed by atoms with Gasteiger partial charge in [-0.15, -0.1) is 0 Å². The van der Waals surface area contributed by atoms with Crippen LogP contribution in [-0.2, 0) is 14.3 Å². The third kappa shape index (κ3) is 5.67. The van der Waals surface area contributed by atoms with Gasteiger partial charge in [0.05, 0.1) is 12.6 Å². The van der Waals surface area contributed by atoms with Crippen molar-refractivity contribution in [3.63, 3.8) is 0 Å². The number of ketones is 1. The fraction of sp³-hybridized carbons (Fsp3) is 0.818. The van der Waals surface area contributed by atoms with Gasteiger partial charge in [0, 0.05) is 12.8 Å². The van der Waals surface area contributed by atoms with Crippen molar-refractivity contribution in [2.45, 2.75) is 49.4 Å². The zero-order valence-corrected chi connectivity index (χ0v) is 12.4. The first kappa shape index (κ1) is 14.7. The lowest BCUT2D eigenvalue weighted by Gasteiger charge is -2.24. The number of hydrogen-bond acceptors (Lipinski definition) is 4. The Bertz CT molecular complexity index is 300. The van der Waals surface area contributed by atoms with E-state index in [-0.39, 0.29) is 15.9 Å². The largest absolute Gasteiger partial charge is 0.444 e. The SMILES string of the molecule is CC(C)(C)OC(=O)N[C@H]1CC(=O)CCO[C@@H]1I. The minimum Gasteiger partial charge on any atom is -0.444 e. The Morgan fingerprint density at radius 1 is 1.53 bits per heavy atom. The molecule has 1 fully saturated rings. The molecule has 1 saturated heterocycles. The Morgan fingerprint density at radius 3 is 2.76 bits per heavy atom. The van der Waals surface area contributed by atoms with Gasteiger partial charge in [0.15, 0.2) is 0 Å². The van der Waals surface area contributed by atoms with Gasteiger partial charge in [0.1, 0.15) is 15.5 Å². The number of carbonyl (C=O) groups excluding carboxylic acids is 2. The van der Waals surface area contributed by atoms with Crippen LogP contribution in [0.3, 0.4) is 0 Å². The predicted molar refractivity (Wildman–Crippen MR) is 71.2 cm³/mol. The molecular formula is C11H18INO4. The Labute approximate surface area is 115 Å². The number of halogens is 1. The average Bonchev–Trinajstić information content (AvgIpc) is 2.26. The molecule has 0 saturated carbocycles. The minimum atomic E-state index is -0.541. The van der Waals surface area contributed by atoms with E-state index in [9.17, 15) is 9.59 Å². The molecule has 1 rings (SSSR count). The van der Waals surface area contributed by atoms with Gasteiger partial charge in [-0.1, -0.05) is 0 Å². The van der Waals surface area contributed by atoms with Gasteiger partial charge in [0.25, 0.3) is 0 Å². The molecule has 1 heterocycles. The Hall–Kier alpha value is -0.370. The number of nitrogens with one attached hydrogen (secondary N) is 1. The van der Waals surface area contributed by atoms with Gasteiger partial charge < -0.3 is 14.8 Å². The molecule has 17 heavy (non-hydrogen) atoms. The second-order valence-corrected chi connectivity index (χ2v) is 6.20. The van der Waals surface area contributed by atoms with Crippen LogP contribution in [0.4, 0.5) is 4.79 Å². The molecule has 0 bridgehead atoms.